The number of hydrogen-bond donors (Lipinski definition) is 8. The first-order valence-corrected chi connectivity index (χ1v) is 31.8. The van der Waals surface area contributed by atoms with Crippen LogP contribution in [0.4, 0.5) is 24.5 Å². The summed E-state index contributed by atoms with van der Waals surface area (Å²) in [7, 11) is -15.4. The van der Waals surface area contributed by atoms with Crippen LogP contribution in [-0.4, -0.2) is 104 Å². The van der Waals surface area contributed by atoms with E-state index in [9.17, 15) is 61.9 Å². The number of rotatable bonds is 16. The highest BCUT2D eigenvalue weighted by Gasteiger charge is 2.49. The number of esters is 1. The van der Waals surface area contributed by atoms with Gasteiger partial charge in [-0.15, -0.1) is 31.5 Å². The zero-order chi connectivity index (χ0) is 55.3. The van der Waals surface area contributed by atoms with Crippen molar-refractivity contribution in [3.8, 4) is 0 Å². The van der Waals surface area contributed by atoms with E-state index in [-0.39, 0.29) is 110 Å². The van der Waals surface area contributed by atoms with Gasteiger partial charge in [0.25, 0.3) is 20.0 Å². The van der Waals surface area contributed by atoms with Crippen molar-refractivity contribution in [2.24, 2.45) is 26.5 Å². The summed E-state index contributed by atoms with van der Waals surface area (Å²) in [6.45, 7) is 2.49. The fourth-order valence-corrected chi connectivity index (χ4v) is 15.3. The van der Waals surface area contributed by atoms with Crippen molar-refractivity contribution >= 4 is 108 Å². The predicted molar refractivity (Wildman–Crippen MR) is 288 cm³/mol. The Balaban J connectivity index is 0.000000201. The molecule has 5 atom stereocenters. The average molecular weight is 1190 g/mol. The maximum absolute atomic E-state index is 13.6. The van der Waals surface area contributed by atoms with E-state index < -0.39 is 70.1 Å². The molecule has 3 aliphatic carbocycles. The van der Waals surface area contributed by atoms with Gasteiger partial charge in [0.15, 0.2) is 11.6 Å². The quantitative estimate of drug-likeness (QED) is 0.0614. The number of nitrogens with zero attached hydrogens (tertiary/aromatic N) is 2. The van der Waals surface area contributed by atoms with E-state index in [4.69, 9.17) is 9.84 Å². The molecule has 9 rings (SSSR count). The molecular formula is C47H58F2N8O14S6. The van der Waals surface area contributed by atoms with Gasteiger partial charge in [-0.3, -0.25) is 14.4 Å². The maximum Gasteiger partial charge on any atom is 0.311 e. The fraction of sp³-hybridized carbons (Fsp3) is 0.426. The third-order valence-corrected chi connectivity index (χ3v) is 18.9. The number of Topliss-reactive ketones (excluding diaryl/α,β-unsaturated/α-hetero) is 1. The summed E-state index contributed by atoms with van der Waals surface area (Å²) in [5.41, 5.74) is 1.82. The van der Waals surface area contributed by atoms with Gasteiger partial charge < -0.3 is 36.2 Å². The van der Waals surface area contributed by atoms with Crippen LogP contribution in [0, 0.1) is 29.4 Å². The number of thiophene rings is 2. The monoisotopic (exact) mass is 1190 g/mol. The number of ketones is 1. The number of carboxylic acid groups (broad SMARTS) is 1. The SMILES string of the molecule is C.CCOC(=O)C1CCCC1NCc1ccc(F)cc1.CS(=O)(=O)NCc1csc2c1S(=O)(=O)N=C(C1=C(O)C3CCCC3C(Nc3ccc(F)cc3)C1=O)N2.CS(=O)(=O)NCc1csc2c1S(=O)(=O)N=C(CC(=O)O)N2. The number of halogens is 2. The molecule has 0 radical (unpaired) electrons. The van der Waals surface area contributed by atoms with Crippen molar-refractivity contribution in [1.29, 1.82) is 0 Å². The van der Waals surface area contributed by atoms with Crippen LogP contribution in [0.2, 0.25) is 0 Å². The highest BCUT2D eigenvalue weighted by atomic mass is 32.2. The van der Waals surface area contributed by atoms with Gasteiger partial charge in [0, 0.05) is 48.4 Å². The summed E-state index contributed by atoms with van der Waals surface area (Å²) >= 11 is 2.06. The summed E-state index contributed by atoms with van der Waals surface area (Å²) in [4.78, 5) is 35.8. The molecule has 8 N–H and O–H groups in total. The van der Waals surface area contributed by atoms with Crippen LogP contribution >= 0.6 is 22.7 Å². The number of anilines is 3. The van der Waals surface area contributed by atoms with Crippen LogP contribution < -0.4 is 30.7 Å². The van der Waals surface area contributed by atoms with Crippen LogP contribution in [0.3, 0.4) is 0 Å². The largest absolute Gasteiger partial charge is 0.511 e. The van der Waals surface area contributed by atoms with E-state index in [0.717, 1.165) is 66.4 Å². The minimum atomic E-state index is -4.30. The van der Waals surface area contributed by atoms with E-state index >= 15 is 0 Å². The second kappa shape index (κ2) is 24.9. The molecule has 2 saturated carbocycles. The van der Waals surface area contributed by atoms with Crippen molar-refractivity contribution in [2.45, 2.75) is 101 Å². The minimum Gasteiger partial charge on any atom is -0.511 e. The lowest BCUT2D eigenvalue weighted by Gasteiger charge is -2.35. The number of aliphatic carboxylic acids is 1. The fourth-order valence-electron chi connectivity index (χ4n) is 9.25. The Bertz CT molecular complexity index is 3420. The summed E-state index contributed by atoms with van der Waals surface area (Å²) < 4.78 is 138. The van der Waals surface area contributed by atoms with Gasteiger partial charge in [0.05, 0.1) is 31.1 Å². The number of allylic oxidation sites excluding steroid dienone is 1. The Morgan fingerprint density at radius 2 is 1.34 bits per heavy atom. The number of amidine groups is 2. The smallest absolute Gasteiger partial charge is 0.311 e. The molecule has 22 nitrogen and oxygen atoms in total. The number of carbonyl (C=O) groups excluding carboxylic acids is 2. The lowest BCUT2D eigenvalue weighted by Crippen LogP contribution is -2.47. The summed E-state index contributed by atoms with van der Waals surface area (Å²) in [6, 6.07) is 11.4. The second-order valence-electron chi connectivity index (χ2n) is 18.1. The molecule has 4 aromatic rings. The number of ether oxygens (including phenoxy) is 1. The van der Waals surface area contributed by atoms with Crippen LogP contribution in [0.15, 0.2) is 89.2 Å². The first-order chi connectivity index (χ1) is 35.7. The van der Waals surface area contributed by atoms with E-state index in [2.05, 4.69) is 39.5 Å². The highest BCUT2D eigenvalue weighted by Crippen LogP contribution is 2.46. The Hall–Kier alpha value is -5.73. The first kappa shape index (κ1) is 60.5. The molecule has 0 spiro atoms. The van der Waals surface area contributed by atoms with Gasteiger partial charge in [-0.1, -0.05) is 32.4 Å². The zero-order valence-corrected chi connectivity index (χ0v) is 45.7. The molecule has 2 aromatic carbocycles. The Morgan fingerprint density at radius 3 is 1.90 bits per heavy atom. The van der Waals surface area contributed by atoms with Gasteiger partial charge in [-0.2, -0.15) is 16.8 Å². The standard InChI is InChI=1S/C22H23FN4O6S3.C15H20FNO2.C9H11N3O6S3.CH4/c1-35(30,31)24-9-11-10-34-22-20(11)36(32,33)27-21(26-22)16-18(28)15-4-2-3-14(15)17(19(16)29)25-13-7-5-12(23)6-8-13;1-2-19-15(18)13-4-3-5-14(13)17-10-11-6-8-12(16)9-7-11;1-20(15,16)10-3-5-4-19-9-8(5)21(17,18)12-6(11-9)2-7(13)14;/h5-8,10,14-15,17,24-25,28H,2-4,9H2,1H3,(H,26,27);6-9,13-14,17H,2-5,10H2,1H3;4,10H,2-3H2,1H3,(H,11,12)(H,13,14);1H4. The van der Waals surface area contributed by atoms with Crippen LogP contribution in [0.5, 0.6) is 0 Å². The van der Waals surface area contributed by atoms with Crippen LogP contribution in [0.1, 0.15) is 76.0 Å². The highest BCUT2D eigenvalue weighted by molar-refractivity contribution is 7.91. The van der Waals surface area contributed by atoms with Crippen molar-refractivity contribution < 1.29 is 71.8 Å². The Morgan fingerprint density at radius 1 is 0.792 bits per heavy atom. The number of carbonyl (C=O) groups is 3. The molecule has 0 saturated heterocycles. The number of aliphatic hydroxyl groups is 1. The van der Waals surface area contributed by atoms with Gasteiger partial charge in [0.1, 0.15) is 55.0 Å². The van der Waals surface area contributed by atoms with Crippen molar-refractivity contribution in [2.75, 3.05) is 35.1 Å². The number of fused-ring (bicyclic) bond motifs is 3. The summed E-state index contributed by atoms with van der Waals surface area (Å²) in [5, 5.41) is 35.1. The van der Waals surface area contributed by atoms with Crippen LogP contribution in [-0.2, 0) is 78.8 Å². The topological polar surface area (TPSA) is 334 Å². The Labute approximate surface area is 453 Å². The van der Waals surface area contributed by atoms with Gasteiger partial charge >= 0.3 is 11.9 Å². The third-order valence-electron chi connectivity index (χ3n) is 12.6. The van der Waals surface area contributed by atoms with Crippen molar-refractivity contribution in [1.82, 2.24) is 14.8 Å². The molecule has 5 aliphatic rings. The third kappa shape index (κ3) is 15.3. The van der Waals surface area contributed by atoms with E-state index in [1.165, 1.54) is 47.2 Å². The molecule has 2 aromatic heterocycles. The molecule has 2 aliphatic heterocycles. The van der Waals surface area contributed by atoms with Gasteiger partial charge in [0.2, 0.25) is 20.0 Å². The lowest BCUT2D eigenvalue weighted by molar-refractivity contribution is -0.148. The Kier molecular flexibility index (Phi) is 19.6. The van der Waals surface area contributed by atoms with Gasteiger partial charge in [-0.25, -0.2) is 35.1 Å². The molecule has 77 heavy (non-hydrogen) atoms. The lowest BCUT2D eigenvalue weighted by atomic mass is 9.76. The molecule has 2 fully saturated rings. The number of hydrogen-bond acceptors (Lipinski definition) is 19. The second-order valence-corrected chi connectivity index (χ2v) is 26.6. The van der Waals surface area contributed by atoms with Crippen LogP contribution in [0.25, 0.3) is 0 Å². The molecule has 5 unspecified atom stereocenters. The predicted octanol–water partition coefficient (Wildman–Crippen LogP) is 5.81. The summed E-state index contributed by atoms with van der Waals surface area (Å²) in [6.07, 6.45) is 6.40. The first-order valence-electron chi connectivity index (χ1n) is 23.4. The van der Waals surface area contributed by atoms with E-state index in [1.807, 2.05) is 6.92 Å². The average Bonchev–Trinajstić information content (AvgIpc) is 4.17. The number of benzene rings is 2. The number of sulfonamides is 4. The summed E-state index contributed by atoms with van der Waals surface area (Å²) in [5.74, 6) is -3.73. The normalized spacial score (nSPS) is 21.8. The molecule has 0 bridgehead atoms. The number of carboxylic acids is 1. The van der Waals surface area contributed by atoms with E-state index in [0.29, 0.717) is 31.7 Å². The maximum atomic E-state index is 13.6. The number of aliphatic hydroxyl groups excluding tert-OH is 1. The molecule has 30 heteroatoms. The van der Waals surface area contributed by atoms with Crippen molar-refractivity contribution in [3.05, 3.63) is 98.9 Å². The molecule has 4 heterocycles. The zero-order valence-electron chi connectivity index (χ0n) is 40.8. The molecule has 420 valence electrons. The van der Waals surface area contributed by atoms with Crippen molar-refractivity contribution in [3.63, 3.8) is 0 Å². The molecule has 0 amide bonds. The molecular weight excluding hydrogens is 1130 g/mol. The minimum absolute atomic E-state index is 0. The number of nitrogens with one attached hydrogen (secondary N) is 6. The van der Waals surface area contributed by atoms with Gasteiger partial charge in [-0.05, 0) is 91.2 Å². The van der Waals surface area contributed by atoms with E-state index in [1.54, 1.807) is 12.1 Å².